The summed E-state index contributed by atoms with van der Waals surface area (Å²) in [5.41, 5.74) is 3.69. The third-order valence-electron chi connectivity index (χ3n) is 2.43. The summed E-state index contributed by atoms with van der Waals surface area (Å²) in [4.78, 5) is 4.33. The van der Waals surface area contributed by atoms with E-state index in [2.05, 4.69) is 55.3 Å². The van der Waals surface area contributed by atoms with Crippen molar-refractivity contribution in [3.8, 4) is 0 Å². The Kier molecular flexibility index (Phi) is 4.82. The van der Waals surface area contributed by atoms with E-state index in [9.17, 15) is 0 Å². The van der Waals surface area contributed by atoms with Crippen LogP contribution in [0.2, 0.25) is 0 Å². The van der Waals surface area contributed by atoms with Crippen LogP contribution in [0.4, 0.5) is 0 Å². The van der Waals surface area contributed by atoms with Gasteiger partial charge in [0, 0.05) is 12.6 Å². The zero-order chi connectivity index (χ0) is 11.1. The second-order valence-corrected chi connectivity index (χ2v) is 3.43. The number of hydrogen-bond donors (Lipinski definition) is 0. The van der Waals surface area contributed by atoms with Crippen LogP contribution < -0.4 is 0 Å². The number of aryl methyl sites for hydroxylation is 1. The van der Waals surface area contributed by atoms with Crippen molar-refractivity contribution in [3.05, 3.63) is 47.5 Å². The molecule has 1 heteroatoms. The van der Waals surface area contributed by atoms with E-state index in [-0.39, 0.29) is 0 Å². The highest BCUT2D eigenvalue weighted by molar-refractivity contribution is 6.09. The summed E-state index contributed by atoms with van der Waals surface area (Å²) in [5, 5.41) is 0. The van der Waals surface area contributed by atoms with Gasteiger partial charge in [0.15, 0.2) is 0 Å². The summed E-state index contributed by atoms with van der Waals surface area (Å²) in [6.45, 7) is 4.31. The van der Waals surface area contributed by atoms with Crippen LogP contribution >= 0.6 is 0 Å². The van der Waals surface area contributed by atoms with Crippen LogP contribution in [-0.4, -0.2) is 12.8 Å². The van der Waals surface area contributed by atoms with Crippen molar-refractivity contribution >= 4 is 5.71 Å². The zero-order valence-corrected chi connectivity index (χ0v) is 9.83. The van der Waals surface area contributed by atoms with Gasteiger partial charge in [-0.3, -0.25) is 4.99 Å². The molecule has 0 aliphatic rings. The summed E-state index contributed by atoms with van der Waals surface area (Å²) in [7, 11) is 1.85. The molecular formula is C14H19N. The molecule has 0 aromatic heterocycles. The maximum absolute atomic E-state index is 4.33. The Hall–Kier alpha value is -1.37. The topological polar surface area (TPSA) is 12.4 Å². The van der Waals surface area contributed by atoms with Gasteiger partial charge < -0.3 is 0 Å². The Bertz CT molecular complexity index is 361. The van der Waals surface area contributed by atoms with E-state index in [1.807, 2.05) is 7.05 Å². The largest absolute Gasteiger partial charge is 0.288 e. The minimum atomic E-state index is 1.05. The van der Waals surface area contributed by atoms with Gasteiger partial charge in [-0.05, 0) is 24.5 Å². The molecule has 0 saturated heterocycles. The van der Waals surface area contributed by atoms with E-state index >= 15 is 0 Å². The first kappa shape index (κ1) is 11.7. The molecule has 0 N–H and O–H groups in total. The molecule has 0 atom stereocenters. The monoisotopic (exact) mass is 201 g/mol. The number of aliphatic imine (C=N–C) groups is 1. The Morgan fingerprint density at radius 3 is 2.60 bits per heavy atom. The lowest BCUT2D eigenvalue weighted by atomic mass is 10.0. The van der Waals surface area contributed by atoms with Gasteiger partial charge in [-0.2, -0.15) is 0 Å². The number of allylic oxidation sites excluding steroid dienone is 2. The molecule has 0 saturated carbocycles. The molecule has 1 nitrogen and oxygen atoms in total. The molecule has 0 aliphatic carbocycles. The molecule has 1 aromatic rings. The molecule has 0 spiro atoms. The first-order valence-electron chi connectivity index (χ1n) is 5.55. The van der Waals surface area contributed by atoms with E-state index < -0.39 is 0 Å². The fourth-order valence-corrected chi connectivity index (χ4v) is 1.59. The van der Waals surface area contributed by atoms with Crippen molar-refractivity contribution < 1.29 is 0 Å². The molecule has 15 heavy (non-hydrogen) atoms. The molecule has 0 fully saturated rings. The molecular weight excluding hydrogens is 182 g/mol. The molecule has 0 unspecified atom stereocenters. The van der Waals surface area contributed by atoms with Crippen molar-refractivity contribution in [2.45, 2.75) is 26.7 Å². The summed E-state index contributed by atoms with van der Waals surface area (Å²) in [6.07, 6.45) is 6.35. The standard InChI is InChI=1S/C14H19N/c1-4-6-11-14(15-3)13-10-8-7-9-12(13)5-2/h6-11H,4-5H2,1-3H3/b11-6-,15-14?. The molecule has 0 heterocycles. The highest BCUT2D eigenvalue weighted by atomic mass is 14.7. The summed E-state index contributed by atoms with van der Waals surface area (Å²) in [5.74, 6) is 0. The summed E-state index contributed by atoms with van der Waals surface area (Å²) in [6, 6.07) is 8.46. The number of benzene rings is 1. The maximum atomic E-state index is 4.33. The van der Waals surface area contributed by atoms with Crippen molar-refractivity contribution in [2.24, 2.45) is 4.99 Å². The molecule has 0 aliphatic heterocycles. The quantitative estimate of drug-likeness (QED) is 0.660. The SMILES string of the molecule is CC/C=C\C(=NC)c1ccccc1CC. The third-order valence-corrected chi connectivity index (χ3v) is 2.43. The minimum absolute atomic E-state index is 1.05. The molecule has 80 valence electrons. The van der Waals surface area contributed by atoms with Gasteiger partial charge in [0.05, 0.1) is 5.71 Å². The summed E-state index contributed by atoms with van der Waals surface area (Å²) >= 11 is 0. The number of hydrogen-bond acceptors (Lipinski definition) is 1. The Morgan fingerprint density at radius 1 is 1.27 bits per heavy atom. The lowest BCUT2D eigenvalue weighted by molar-refractivity contribution is 1.13. The smallest absolute Gasteiger partial charge is 0.0642 e. The Balaban J connectivity index is 3.07. The lowest BCUT2D eigenvalue weighted by Gasteiger charge is -2.06. The Labute approximate surface area is 92.6 Å². The van der Waals surface area contributed by atoms with E-state index in [1.165, 1.54) is 11.1 Å². The van der Waals surface area contributed by atoms with Crippen LogP contribution in [-0.2, 0) is 6.42 Å². The molecule has 1 aromatic carbocycles. The van der Waals surface area contributed by atoms with Gasteiger partial charge in [0.1, 0.15) is 0 Å². The van der Waals surface area contributed by atoms with Crippen LogP contribution in [0.25, 0.3) is 0 Å². The van der Waals surface area contributed by atoms with Crippen molar-refractivity contribution in [3.63, 3.8) is 0 Å². The van der Waals surface area contributed by atoms with E-state index in [1.54, 1.807) is 0 Å². The van der Waals surface area contributed by atoms with Crippen LogP contribution in [0.5, 0.6) is 0 Å². The van der Waals surface area contributed by atoms with Crippen molar-refractivity contribution in [1.82, 2.24) is 0 Å². The van der Waals surface area contributed by atoms with Crippen molar-refractivity contribution in [1.29, 1.82) is 0 Å². The average Bonchev–Trinajstić information content (AvgIpc) is 2.30. The van der Waals surface area contributed by atoms with Gasteiger partial charge in [-0.25, -0.2) is 0 Å². The molecule has 0 radical (unpaired) electrons. The van der Waals surface area contributed by atoms with Gasteiger partial charge in [0.25, 0.3) is 0 Å². The van der Waals surface area contributed by atoms with E-state index in [0.717, 1.165) is 18.6 Å². The summed E-state index contributed by atoms with van der Waals surface area (Å²) < 4.78 is 0. The predicted molar refractivity (Wildman–Crippen MR) is 67.7 cm³/mol. The fourth-order valence-electron chi connectivity index (χ4n) is 1.59. The van der Waals surface area contributed by atoms with Crippen LogP contribution in [0.1, 0.15) is 31.4 Å². The van der Waals surface area contributed by atoms with E-state index in [4.69, 9.17) is 0 Å². The molecule has 0 amide bonds. The molecule has 0 bridgehead atoms. The molecule has 1 rings (SSSR count). The van der Waals surface area contributed by atoms with Gasteiger partial charge >= 0.3 is 0 Å². The van der Waals surface area contributed by atoms with E-state index in [0.29, 0.717) is 0 Å². The van der Waals surface area contributed by atoms with Crippen molar-refractivity contribution in [2.75, 3.05) is 7.05 Å². The predicted octanol–water partition coefficient (Wildman–Crippen LogP) is 3.63. The van der Waals surface area contributed by atoms with Crippen LogP contribution in [0, 0.1) is 0 Å². The normalized spacial score (nSPS) is 12.3. The number of rotatable bonds is 4. The lowest BCUT2D eigenvalue weighted by Crippen LogP contribution is -2.01. The van der Waals surface area contributed by atoms with Crippen LogP contribution in [0.3, 0.4) is 0 Å². The third kappa shape index (κ3) is 3.05. The first-order chi connectivity index (χ1) is 7.33. The Morgan fingerprint density at radius 2 is 2.00 bits per heavy atom. The van der Waals surface area contributed by atoms with Gasteiger partial charge in [-0.15, -0.1) is 0 Å². The zero-order valence-electron chi connectivity index (χ0n) is 9.83. The minimum Gasteiger partial charge on any atom is -0.288 e. The fraction of sp³-hybridized carbons (Fsp3) is 0.357. The average molecular weight is 201 g/mol. The highest BCUT2D eigenvalue weighted by Gasteiger charge is 2.03. The van der Waals surface area contributed by atoms with Crippen LogP contribution in [0.15, 0.2) is 41.4 Å². The maximum Gasteiger partial charge on any atom is 0.0642 e. The first-order valence-corrected chi connectivity index (χ1v) is 5.55. The number of nitrogens with zero attached hydrogens (tertiary/aromatic N) is 1. The highest BCUT2D eigenvalue weighted by Crippen LogP contribution is 2.11. The van der Waals surface area contributed by atoms with Gasteiger partial charge in [0.2, 0.25) is 0 Å². The second kappa shape index (κ2) is 6.18. The van der Waals surface area contributed by atoms with Gasteiger partial charge in [-0.1, -0.05) is 44.2 Å². The second-order valence-electron chi connectivity index (χ2n) is 3.43.